The Morgan fingerprint density at radius 1 is 1.00 bits per heavy atom. The van der Waals surface area contributed by atoms with E-state index in [9.17, 15) is 5.21 Å². The third kappa shape index (κ3) is 13.7. The van der Waals surface area contributed by atoms with Gasteiger partial charge in [0, 0.05) is 22.2 Å². The Hall–Kier alpha value is -1.29. The van der Waals surface area contributed by atoms with Crippen LogP contribution in [-0.2, 0) is 0 Å². The van der Waals surface area contributed by atoms with Crippen molar-refractivity contribution in [1.82, 2.24) is 0 Å². The molecule has 2 rings (SSSR count). The number of aliphatic hydroxyl groups is 1. The average molecular weight is 346 g/mol. The van der Waals surface area contributed by atoms with Crippen LogP contribution in [-0.4, -0.2) is 11.2 Å². The highest BCUT2D eigenvalue weighted by atomic mass is 35.5. The molecule has 1 aromatic heterocycles. The van der Waals surface area contributed by atoms with Gasteiger partial charge in [0.25, 0.3) is 0 Å². The van der Waals surface area contributed by atoms with Gasteiger partial charge in [-0.1, -0.05) is 56.6 Å². The minimum absolute atomic E-state index is 0. The molecule has 1 aromatic carbocycles. The third-order valence-electron chi connectivity index (χ3n) is 2.42. The normalized spacial score (nSPS) is 8.82. The van der Waals surface area contributed by atoms with E-state index in [1.54, 1.807) is 36.4 Å². The lowest BCUT2D eigenvalue weighted by molar-refractivity contribution is -0.605. The molecule has 0 aliphatic heterocycles. The summed E-state index contributed by atoms with van der Waals surface area (Å²) in [5.74, 6) is 0. The Morgan fingerprint density at radius 3 is 1.64 bits per heavy atom. The van der Waals surface area contributed by atoms with Gasteiger partial charge in [-0.3, -0.25) is 0 Å². The molecule has 0 saturated heterocycles. The number of halogens is 2. The average Bonchev–Trinajstić information content (AvgIpc) is 2.48. The summed E-state index contributed by atoms with van der Waals surface area (Å²) >= 11 is 11.1. The zero-order valence-corrected chi connectivity index (χ0v) is 13.8. The lowest BCUT2D eigenvalue weighted by atomic mass is 10.2. The van der Waals surface area contributed by atoms with Crippen LogP contribution in [0.3, 0.4) is 0 Å². The first-order chi connectivity index (χ1) is 9.99. The molecule has 22 heavy (non-hydrogen) atoms. The van der Waals surface area contributed by atoms with Crippen LogP contribution < -0.4 is 4.73 Å². The quantitative estimate of drug-likeness (QED) is 0.606. The number of hydrogen-bond acceptors (Lipinski definition) is 2. The van der Waals surface area contributed by atoms with Gasteiger partial charge in [0.1, 0.15) is 0 Å². The van der Waals surface area contributed by atoms with Crippen LogP contribution in [0.1, 0.15) is 34.1 Å². The van der Waals surface area contributed by atoms with Gasteiger partial charge in [-0.25, -0.2) is 0 Å². The van der Waals surface area contributed by atoms with Crippen LogP contribution in [0.5, 0.6) is 0 Å². The number of benzene rings is 1. The van der Waals surface area contributed by atoms with E-state index in [0.29, 0.717) is 10.0 Å². The highest BCUT2D eigenvalue weighted by Gasteiger charge is 1.90. The van der Waals surface area contributed by atoms with Gasteiger partial charge in [0.05, 0.1) is 6.10 Å². The van der Waals surface area contributed by atoms with Gasteiger partial charge in [0.15, 0.2) is 12.4 Å². The Balaban J connectivity index is 0. The number of rotatable bonds is 2. The molecule has 0 aliphatic rings. The van der Waals surface area contributed by atoms with Gasteiger partial charge in [-0.15, -0.1) is 0 Å². The minimum atomic E-state index is -0.0648. The van der Waals surface area contributed by atoms with Crippen molar-refractivity contribution >= 4 is 23.2 Å². The molecule has 0 atom stereocenters. The second-order valence-corrected chi connectivity index (χ2v) is 5.02. The van der Waals surface area contributed by atoms with E-state index in [0.717, 1.165) is 17.6 Å². The fourth-order valence-electron chi connectivity index (χ4n) is 1.13. The lowest BCUT2D eigenvalue weighted by Gasteiger charge is -1.98. The summed E-state index contributed by atoms with van der Waals surface area (Å²) in [7, 11) is 0. The zero-order valence-electron chi connectivity index (χ0n) is 12.2. The molecule has 5 heteroatoms. The predicted octanol–water partition coefficient (Wildman–Crippen LogP) is 5.12. The van der Waals surface area contributed by atoms with Gasteiger partial charge in [-0.2, -0.15) is 4.73 Å². The second kappa shape index (κ2) is 14.6. The van der Waals surface area contributed by atoms with Crippen molar-refractivity contribution < 1.29 is 9.84 Å². The second-order valence-electron chi connectivity index (χ2n) is 4.15. The van der Waals surface area contributed by atoms with Crippen molar-refractivity contribution in [2.75, 3.05) is 0 Å². The molecule has 0 saturated carbocycles. The number of nitrogens with zero attached hydrogens (tertiary/aromatic N) is 1. The molecule has 1 heterocycles. The monoisotopic (exact) mass is 345 g/mol. The Morgan fingerprint density at radius 2 is 1.45 bits per heavy atom. The van der Waals surface area contributed by atoms with E-state index >= 15 is 0 Å². The maximum Gasteiger partial charge on any atom is 0.180 e. The third-order valence-corrected chi connectivity index (χ3v) is 2.89. The summed E-state index contributed by atoms with van der Waals surface area (Å²) in [4.78, 5) is 0. The molecule has 124 valence electrons. The molecule has 3 nitrogen and oxygen atoms in total. The largest absolute Gasteiger partial charge is 0.619 e. The minimum Gasteiger partial charge on any atom is -0.619 e. The highest BCUT2D eigenvalue weighted by molar-refractivity contribution is 6.34. The fourth-order valence-corrected chi connectivity index (χ4v) is 1.57. The maximum atomic E-state index is 10.2. The smallest absolute Gasteiger partial charge is 0.180 e. The molecular formula is C17H25Cl2NO2. The molecule has 0 spiro atoms. The lowest BCUT2D eigenvalue weighted by Crippen LogP contribution is -2.22. The van der Waals surface area contributed by atoms with Crippen molar-refractivity contribution in [1.29, 1.82) is 0 Å². The standard InChI is InChI=1S/C6H4Cl2.C5H5NO.C5H12O.CH4/c7-5-2-1-3-6(8)4-5;7-6-4-2-1-3-5-6;1-3-5(6)4-2;/h1-4H;1-5H;5-6H,3-4H2,1-2H3;1H4. The van der Waals surface area contributed by atoms with E-state index in [4.69, 9.17) is 28.3 Å². The molecule has 0 radical (unpaired) electrons. The van der Waals surface area contributed by atoms with Crippen molar-refractivity contribution in [2.45, 2.75) is 40.2 Å². The summed E-state index contributed by atoms with van der Waals surface area (Å²) in [5, 5.41) is 20.2. The van der Waals surface area contributed by atoms with Crippen LogP contribution >= 0.6 is 23.2 Å². The fraction of sp³-hybridized carbons (Fsp3) is 0.353. The SMILES string of the molecule is C.CCC(O)CC.Clc1cccc(Cl)c1.[O-][n+]1ccccc1. The number of aliphatic hydroxyl groups excluding tert-OH is 1. The van der Waals surface area contributed by atoms with Crippen molar-refractivity contribution in [3.05, 3.63) is 70.1 Å². The van der Waals surface area contributed by atoms with E-state index in [1.165, 1.54) is 12.4 Å². The van der Waals surface area contributed by atoms with E-state index in [-0.39, 0.29) is 13.5 Å². The van der Waals surface area contributed by atoms with Crippen molar-refractivity contribution in [3.63, 3.8) is 0 Å². The summed E-state index contributed by atoms with van der Waals surface area (Å²) in [6.07, 6.45) is 4.59. The number of aromatic nitrogens is 1. The molecular weight excluding hydrogens is 321 g/mol. The summed E-state index contributed by atoms with van der Waals surface area (Å²) in [6.45, 7) is 3.96. The Kier molecular flexibility index (Phi) is 15.3. The van der Waals surface area contributed by atoms with Gasteiger partial charge >= 0.3 is 0 Å². The first-order valence-corrected chi connectivity index (χ1v) is 7.48. The molecule has 1 N–H and O–H groups in total. The zero-order chi connectivity index (χ0) is 16.1. The molecule has 0 bridgehead atoms. The molecule has 0 aliphatic carbocycles. The van der Waals surface area contributed by atoms with Gasteiger partial charge in [0.2, 0.25) is 0 Å². The molecule has 0 unspecified atom stereocenters. The number of hydrogen-bond donors (Lipinski definition) is 1. The van der Waals surface area contributed by atoms with Crippen LogP contribution in [0, 0.1) is 5.21 Å². The van der Waals surface area contributed by atoms with Crippen molar-refractivity contribution in [3.8, 4) is 0 Å². The van der Waals surface area contributed by atoms with Gasteiger partial charge < -0.3 is 10.3 Å². The van der Waals surface area contributed by atoms with Crippen LogP contribution in [0.25, 0.3) is 0 Å². The topological polar surface area (TPSA) is 47.2 Å². The maximum absolute atomic E-state index is 10.2. The van der Waals surface area contributed by atoms with E-state index in [2.05, 4.69) is 0 Å². The van der Waals surface area contributed by atoms with Crippen LogP contribution in [0.4, 0.5) is 0 Å². The van der Waals surface area contributed by atoms with Crippen molar-refractivity contribution in [2.24, 2.45) is 0 Å². The summed E-state index contributed by atoms with van der Waals surface area (Å²) in [5.41, 5.74) is 0. The first-order valence-electron chi connectivity index (χ1n) is 6.72. The summed E-state index contributed by atoms with van der Waals surface area (Å²) in [6, 6.07) is 12.3. The molecule has 0 fully saturated rings. The molecule has 2 aromatic rings. The Bertz CT molecular complexity index is 460. The predicted molar refractivity (Wildman–Crippen MR) is 95.2 cm³/mol. The first kappa shape index (κ1) is 23.0. The van der Waals surface area contributed by atoms with Gasteiger partial charge in [-0.05, 0) is 31.0 Å². The Labute approximate surface area is 143 Å². The van der Waals surface area contributed by atoms with Crippen LogP contribution in [0.15, 0.2) is 54.9 Å². The summed E-state index contributed by atoms with van der Waals surface area (Å²) < 4.78 is 0.750. The molecule has 0 amide bonds. The van der Waals surface area contributed by atoms with E-state index in [1.807, 2.05) is 19.9 Å². The highest BCUT2D eigenvalue weighted by Crippen LogP contribution is 2.13. The van der Waals surface area contributed by atoms with Crippen LogP contribution in [0.2, 0.25) is 10.0 Å². The number of pyridine rings is 1. The van der Waals surface area contributed by atoms with E-state index < -0.39 is 0 Å².